The zero-order valence-corrected chi connectivity index (χ0v) is 19.7. The molecular weight excluding hydrogens is 456 g/mol. The molecule has 3 heterocycles. The van der Waals surface area contributed by atoms with E-state index >= 15 is 0 Å². The Morgan fingerprint density at radius 2 is 2.00 bits per heavy atom. The van der Waals surface area contributed by atoms with Crippen molar-refractivity contribution in [1.29, 1.82) is 0 Å². The molecule has 0 bridgehead atoms. The number of halogens is 1. The number of carbonyl (C=O) groups is 2. The van der Waals surface area contributed by atoms with E-state index in [1.54, 1.807) is 30.1 Å². The quantitative estimate of drug-likeness (QED) is 0.609. The normalized spacial score (nSPS) is 17.5. The summed E-state index contributed by atoms with van der Waals surface area (Å²) in [6.07, 6.45) is 1.68. The van der Waals surface area contributed by atoms with Crippen LogP contribution in [-0.2, 0) is 11.3 Å². The lowest BCUT2D eigenvalue weighted by Crippen LogP contribution is -2.36. The van der Waals surface area contributed by atoms with Crippen molar-refractivity contribution in [2.75, 3.05) is 30.4 Å². The average molecular weight is 481 g/mol. The van der Waals surface area contributed by atoms with Gasteiger partial charge in [-0.3, -0.25) is 4.79 Å². The third kappa shape index (κ3) is 4.19. The highest BCUT2D eigenvalue weighted by Crippen LogP contribution is 2.35. The van der Waals surface area contributed by atoms with Crippen LogP contribution in [0.15, 0.2) is 42.5 Å². The molecule has 1 fully saturated rings. The second kappa shape index (κ2) is 8.98. The molecule has 2 aromatic carbocycles. The number of aryl methyl sites for hydroxylation is 1. The van der Waals surface area contributed by atoms with Crippen LogP contribution in [0.2, 0.25) is 5.02 Å². The van der Waals surface area contributed by atoms with Crippen LogP contribution in [0.3, 0.4) is 0 Å². The zero-order chi connectivity index (χ0) is 23.8. The summed E-state index contributed by atoms with van der Waals surface area (Å²) < 4.78 is 7.52. The number of nitrogens with one attached hydrogen (secondary N) is 1. The van der Waals surface area contributed by atoms with Crippen molar-refractivity contribution >= 4 is 34.9 Å². The maximum absolute atomic E-state index is 13.3. The van der Waals surface area contributed by atoms with E-state index in [4.69, 9.17) is 16.3 Å². The molecule has 0 aliphatic carbocycles. The summed E-state index contributed by atoms with van der Waals surface area (Å²) in [6, 6.07) is 12.6. The molecule has 34 heavy (non-hydrogen) atoms. The van der Waals surface area contributed by atoms with E-state index in [0.29, 0.717) is 35.2 Å². The molecule has 1 N–H and O–H groups in total. The maximum Gasteiger partial charge on any atom is 0.322 e. The summed E-state index contributed by atoms with van der Waals surface area (Å²) in [5, 5.41) is 12.4. The molecule has 2 aliphatic heterocycles. The van der Waals surface area contributed by atoms with Crippen LogP contribution in [0.5, 0.6) is 5.75 Å². The Morgan fingerprint density at radius 3 is 2.79 bits per heavy atom. The first-order valence-corrected chi connectivity index (χ1v) is 11.5. The second-order valence-electron chi connectivity index (χ2n) is 8.52. The van der Waals surface area contributed by atoms with Gasteiger partial charge in [0.2, 0.25) is 0 Å². The lowest BCUT2D eigenvalue weighted by Gasteiger charge is -2.27. The molecule has 1 aromatic heterocycles. The van der Waals surface area contributed by atoms with E-state index in [-0.39, 0.29) is 24.6 Å². The Morgan fingerprint density at radius 1 is 1.21 bits per heavy atom. The highest BCUT2D eigenvalue weighted by molar-refractivity contribution is 6.30. The van der Waals surface area contributed by atoms with E-state index in [1.807, 2.05) is 31.2 Å². The summed E-state index contributed by atoms with van der Waals surface area (Å²) >= 11 is 6.03. The maximum atomic E-state index is 13.3. The number of likely N-dealkylation sites (tertiary alicyclic amines) is 1. The fourth-order valence-electron chi connectivity index (χ4n) is 4.44. The van der Waals surface area contributed by atoms with E-state index in [2.05, 4.69) is 20.1 Å². The van der Waals surface area contributed by atoms with Crippen molar-refractivity contribution in [2.24, 2.45) is 0 Å². The molecule has 1 atom stereocenters. The number of ether oxygens (including phenoxy) is 1. The number of carbonyl (C=O) groups excluding carboxylic acids is 2. The predicted molar refractivity (Wildman–Crippen MR) is 128 cm³/mol. The number of fused-ring (bicyclic) bond motifs is 1. The van der Waals surface area contributed by atoms with Gasteiger partial charge >= 0.3 is 6.03 Å². The van der Waals surface area contributed by atoms with Gasteiger partial charge < -0.3 is 24.4 Å². The van der Waals surface area contributed by atoms with Gasteiger partial charge in [-0.2, -0.15) is 0 Å². The van der Waals surface area contributed by atoms with E-state index in [0.717, 1.165) is 30.1 Å². The van der Waals surface area contributed by atoms with Crippen LogP contribution in [0.4, 0.5) is 16.2 Å². The molecule has 9 nitrogen and oxygen atoms in total. The van der Waals surface area contributed by atoms with Crippen molar-refractivity contribution in [2.45, 2.75) is 32.4 Å². The number of benzene rings is 2. The van der Waals surface area contributed by atoms with Gasteiger partial charge in [-0.25, -0.2) is 4.79 Å². The van der Waals surface area contributed by atoms with Gasteiger partial charge in [-0.1, -0.05) is 23.7 Å². The summed E-state index contributed by atoms with van der Waals surface area (Å²) in [4.78, 5) is 28.6. The van der Waals surface area contributed by atoms with E-state index in [1.165, 1.54) is 4.90 Å². The summed E-state index contributed by atoms with van der Waals surface area (Å²) in [6.45, 7) is 3.15. The topological polar surface area (TPSA) is 92.6 Å². The van der Waals surface area contributed by atoms with Crippen molar-refractivity contribution in [3.05, 3.63) is 64.7 Å². The lowest BCUT2D eigenvalue weighted by atomic mass is 10.2. The molecule has 3 amide bonds. The molecular formula is C24H25ClN6O3. The van der Waals surface area contributed by atoms with Crippen LogP contribution in [-0.4, -0.2) is 51.8 Å². The highest BCUT2D eigenvalue weighted by atomic mass is 35.5. The number of rotatable bonds is 4. The smallest absolute Gasteiger partial charge is 0.322 e. The fraction of sp³-hybridized carbons (Fsp3) is 0.333. The number of hydrogen-bond donors (Lipinski definition) is 1. The van der Waals surface area contributed by atoms with Gasteiger partial charge in [0.15, 0.2) is 12.4 Å². The number of hydrogen-bond acceptors (Lipinski definition) is 5. The number of urea groups is 1. The SMILES string of the molecule is Cc1nnc(C2CCCN2C(=O)Nc2ccc3c(c2)N(C)C(=O)CO3)n1Cc1ccc(Cl)cc1. The Labute approximate surface area is 202 Å². The van der Waals surface area contributed by atoms with Gasteiger partial charge in [-0.05, 0) is 55.7 Å². The molecule has 2 aliphatic rings. The van der Waals surface area contributed by atoms with Crippen molar-refractivity contribution in [3.8, 4) is 5.75 Å². The van der Waals surface area contributed by atoms with Crippen molar-refractivity contribution in [1.82, 2.24) is 19.7 Å². The Balaban J connectivity index is 1.35. The second-order valence-corrected chi connectivity index (χ2v) is 8.96. The minimum absolute atomic E-state index is 0.0147. The third-order valence-electron chi connectivity index (χ3n) is 6.33. The summed E-state index contributed by atoms with van der Waals surface area (Å²) in [5.41, 5.74) is 2.31. The minimum atomic E-state index is -0.216. The Kier molecular flexibility index (Phi) is 5.87. The largest absolute Gasteiger partial charge is 0.482 e. The number of nitrogens with zero attached hydrogens (tertiary/aromatic N) is 5. The summed E-state index contributed by atoms with van der Waals surface area (Å²) in [7, 11) is 1.70. The average Bonchev–Trinajstić information content (AvgIpc) is 3.45. The first-order chi connectivity index (χ1) is 16.4. The van der Waals surface area contributed by atoms with Crippen molar-refractivity contribution in [3.63, 3.8) is 0 Å². The van der Waals surface area contributed by atoms with Crippen LogP contribution >= 0.6 is 11.6 Å². The van der Waals surface area contributed by atoms with Crippen molar-refractivity contribution < 1.29 is 14.3 Å². The molecule has 0 saturated carbocycles. The standard InChI is InChI=1S/C24H25ClN6O3/c1-15-27-28-23(31(15)13-16-5-7-17(25)8-6-16)19-4-3-11-30(19)24(33)26-18-9-10-21-20(12-18)29(2)22(32)14-34-21/h5-10,12,19H,3-4,11,13-14H2,1-2H3,(H,26,33). The number of aromatic nitrogens is 3. The molecule has 0 radical (unpaired) electrons. The van der Waals surface area contributed by atoms with Gasteiger partial charge in [0.25, 0.3) is 5.91 Å². The van der Waals surface area contributed by atoms with Crippen LogP contribution in [0, 0.1) is 6.92 Å². The first kappa shape index (κ1) is 22.2. The molecule has 3 aromatic rings. The molecule has 0 spiro atoms. The Hall–Kier alpha value is -3.59. The first-order valence-electron chi connectivity index (χ1n) is 11.2. The number of likely N-dealkylation sites (N-methyl/N-ethyl adjacent to an activating group) is 1. The lowest BCUT2D eigenvalue weighted by molar-refractivity contribution is -0.120. The fourth-order valence-corrected chi connectivity index (χ4v) is 4.56. The third-order valence-corrected chi connectivity index (χ3v) is 6.58. The molecule has 1 saturated heterocycles. The molecule has 5 rings (SSSR count). The van der Waals surface area contributed by atoms with E-state index in [9.17, 15) is 9.59 Å². The van der Waals surface area contributed by atoms with Gasteiger partial charge in [0.05, 0.1) is 18.3 Å². The highest BCUT2D eigenvalue weighted by Gasteiger charge is 2.34. The Bertz CT molecular complexity index is 1240. The van der Waals surface area contributed by atoms with Gasteiger partial charge in [0.1, 0.15) is 11.6 Å². The zero-order valence-electron chi connectivity index (χ0n) is 19.0. The van der Waals surface area contributed by atoms with E-state index < -0.39 is 0 Å². The van der Waals surface area contributed by atoms with Gasteiger partial charge in [0, 0.05) is 24.3 Å². The monoisotopic (exact) mass is 480 g/mol. The predicted octanol–water partition coefficient (Wildman–Crippen LogP) is 4.01. The van der Waals surface area contributed by atoms with Crippen LogP contribution in [0.1, 0.15) is 36.1 Å². The summed E-state index contributed by atoms with van der Waals surface area (Å²) in [5.74, 6) is 2.04. The molecule has 10 heteroatoms. The number of amides is 3. The molecule has 176 valence electrons. The van der Waals surface area contributed by atoms with Gasteiger partial charge in [-0.15, -0.1) is 10.2 Å². The molecule has 1 unspecified atom stereocenters. The van der Waals surface area contributed by atoms with Crippen LogP contribution in [0.25, 0.3) is 0 Å². The van der Waals surface area contributed by atoms with Crippen LogP contribution < -0.4 is 15.0 Å². The minimum Gasteiger partial charge on any atom is -0.482 e. The number of anilines is 2.